The van der Waals surface area contributed by atoms with E-state index in [0.29, 0.717) is 5.92 Å². The lowest BCUT2D eigenvalue weighted by Crippen LogP contribution is -2.08. The molecule has 1 rings (SSSR count). The zero-order valence-corrected chi connectivity index (χ0v) is 8.59. The normalized spacial score (nSPS) is 22.3. The van der Waals surface area contributed by atoms with E-state index < -0.39 is 0 Å². The molecule has 0 aromatic heterocycles. The Kier molecular flexibility index (Phi) is 4.46. The molecule has 1 aliphatic carbocycles. The van der Waals surface area contributed by atoms with Crippen LogP contribution in [0.15, 0.2) is 0 Å². The minimum atomic E-state index is 0.633. The van der Waals surface area contributed by atoms with Gasteiger partial charge in [-0.15, -0.1) is 12.6 Å². The van der Waals surface area contributed by atoms with E-state index in [4.69, 9.17) is 12.2 Å². The van der Waals surface area contributed by atoms with Crippen LogP contribution in [-0.2, 0) is 0 Å². The van der Waals surface area contributed by atoms with Crippen LogP contribution in [0.5, 0.6) is 0 Å². The van der Waals surface area contributed by atoms with Crippen LogP contribution in [0.4, 0.5) is 0 Å². The number of hydrogen-bond acceptors (Lipinski definition) is 1. The van der Waals surface area contributed by atoms with Crippen LogP contribution in [0.25, 0.3) is 0 Å². The molecule has 0 spiro atoms. The average Bonchev–Trinajstić information content (AvgIpc) is 1.84. The van der Waals surface area contributed by atoms with Gasteiger partial charge < -0.3 is 0 Å². The fourth-order valence-corrected chi connectivity index (χ4v) is 2.20. The molecule has 0 nitrogen and oxygen atoms in total. The van der Waals surface area contributed by atoms with Crippen LogP contribution >= 0.6 is 24.8 Å². The Morgan fingerprint density at radius 2 is 1.45 bits per heavy atom. The first-order chi connectivity index (χ1) is 5.30. The highest BCUT2D eigenvalue weighted by Gasteiger charge is 2.12. The highest BCUT2D eigenvalue weighted by molar-refractivity contribution is 8.11. The molecule has 0 aromatic carbocycles. The molecule has 1 saturated carbocycles. The Morgan fingerprint density at radius 3 is 1.91 bits per heavy atom. The first-order valence-corrected chi connectivity index (χ1v) is 5.39. The van der Waals surface area contributed by atoms with Crippen molar-refractivity contribution in [3.8, 4) is 0 Å². The number of thiocarbonyl (C=S) groups is 1. The third kappa shape index (κ3) is 3.57. The van der Waals surface area contributed by atoms with Gasteiger partial charge in [0.25, 0.3) is 0 Å². The molecule has 1 fully saturated rings. The number of hydrogen-bond donors (Lipinski definition) is 1. The minimum Gasteiger partial charge on any atom is -0.136 e. The van der Waals surface area contributed by atoms with Crippen LogP contribution in [0.1, 0.15) is 44.9 Å². The maximum atomic E-state index is 5.08. The molecule has 0 amide bonds. The summed E-state index contributed by atoms with van der Waals surface area (Å²) >= 11 is 9.34. The Labute approximate surface area is 80.2 Å². The quantitative estimate of drug-likeness (QED) is 0.484. The molecule has 0 radical (unpaired) electrons. The molecule has 0 atom stereocenters. The van der Waals surface area contributed by atoms with Gasteiger partial charge in [0.2, 0.25) is 0 Å². The molecule has 0 aromatic rings. The van der Waals surface area contributed by atoms with Crippen molar-refractivity contribution >= 4 is 29.0 Å². The Hall–Kier alpha value is 0.440. The third-order valence-corrected chi connectivity index (χ3v) is 3.15. The summed E-state index contributed by atoms with van der Waals surface area (Å²) in [6.07, 6.45) is 9.48. The lowest BCUT2D eigenvalue weighted by molar-refractivity contribution is 0.458. The van der Waals surface area contributed by atoms with Gasteiger partial charge in [-0.25, -0.2) is 0 Å². The highest BCUT2D eigenvalue weighted by atomic mass is 32.1. The van der Waals surface area contributed by atoms with E-state index in [1.165, 1.54) is 44.9 Å². The fraction of sp³-hybridized carbons (Fsp3) is 0.889. The standard InChI is InChI=1S/C9H16S2/c10-9(11)8-6-4-2-1-3-5-7-8/h8H,1-7H2,(H,10,11). The zero-order chi connectivity index (χ0) is 8.10. The third-order valence-electron chi connectivity index (χ3n) is 2.45. The van der Waals surface area contributed by atoms with Crippen LogP contribution in [0.3, 0.4) is 0 Å². The molecule has 0 N–H and O–H groups in total. The van der Waals surface area contributed by atoms with Crippen molar-refractivity contribution in [2.75, 3.05) is 0 Å². The van der Waals surface area contributed by atoms with Gasteiger partial charge >= 0.3 is 0 Å². The van der Waals surface area contributed by atoms with E-state index in [1.807, 2.05) is 0 Å². The second kappa shape index (κ2) is 5.15. The van der Waals surface area contributed by atoms with Gasteiger partial charge in [-0.3, -0.25) is 0 Å². The van der Waals surface area contributed by atoms with Crippen molar-refractivity contribution in [3.63, 3.8) is 0 Å². The molecule has 0 heterocycles. The lowest BCUT2D eigenvalue weighted by Gasteiger charge is -2.17. The molecule has 64 valence electrons. The summed E-state index contributed by atoms with van der Waals surface area (Å²) < 4.78 is 0.937. The van der Waals surface area contributed by atoms with Crippen LogP contribution < -0.4 is 0 Å². The molecule has 1 aliphatic rings. The van der Waals surface area contributed by atoms with Gasteiger partial charge in [0, 0.05) is 4.20 Å². The van der Waals surface area contributed by atoms with Crippen LogP contribution in [0, 0.1) is 5.92 Å². The number of thiol groups is 1. The summed E-state index contributed by atoms with van der Waals surface area (Å²) in [6, 6.07) is 0. The van der Waals surface area contributed by atoms with Crippen LogP contribution in [-0.4, -0.2) is 4.20 Å². The summed E-state index contributed by atoms with van der Waals surface area (Å²) in [5, 5.41) is 0. The maximum absolute atomic E-state index is 5.08. The van der Waals surface area contributed by atoms with Gasteiger partial charge in [0.15, 0.2) is 0 Å². The molecular weight excluding hydrogens is 172 g/mol. The molecular formula is C9H16S2. The van der Waals surface area contributed by atoms with Gasteiger partial charge in [0.1, 0.15) is 0 Å². The summed E-state index contributed by atoms with van der Waals surface area (Å²) in [7, 11) is 0. The molecule has 0 saturated heterocycles. The van der Waals surface area contributed by atoms with E-state index in [2.05, 4.69) is 12.6 Å². The SMILES string of the molecule is S=C(S)C1CCCCCCC1. The van der Waals surface area contributed by atoms with Crippen molar-refractivity contribution in [3.05, 3.63) is 0 Å². The van der Waals surface area contributed by atoms with Gasteiger partial charge in [0.05, 0.1) is 0 Å². The molecule has 2 heteroatoms. The number of rotatable bonds is 1. The van der Waals surface area contributed by atoms with E-state index >= 15 is 0 Å². The molecule has 0 unspecified atom stereocenters. The van der Waals surface area contributed by atoms with Gasteiger partial charge in [-0.05, 0) is 18.8 Å². The fourth-order valence-electron chi connectivity index (χ4n) is 1.70. The summed E-state index contributed by atoms with van der Waals surface area (Å²) in [4.78, 5) is 0. The Bertz CT molecular complexity index is 124. The van der Waals surface area contributed by atoms with E-state index in [0.717, 1.165) is 4.20 Å². The average molecular weight is 188 g/mol. The van der Waals surface area contributed by atoms with Gasteiger partial charge in [-0.1, -0.05) is 44.3 Å². The smallest absolute Gasteiger partial charge is 0.0479 e. The topological polar surface area (TPSA) is 0 Å². The first kappa shape index (κ1) is 9.53. The van der Waals surface area contributed by atoms with Crippen LogP contribution in [0.2, 0.25) is 0 Å². The van der Waals surface area contributed by atoms with Crippen molar-refractivity contribution < 1.29 is 0 Å². The Morgan fingerprint density at radius 1 is 1.00 bits per heavy atom. The summed E-state index contributed by atoms with van der Waals surface area (Å²) in [5.74, 6) is 0.633. The first-order valence-electron chi connectivity index (χ1n) is 4.53. The minimum absolute atomic E-state index is 0.633. The predicted octanol–water partition coefficient (Wildman–Crippen LogP) is 3.60. The van der Waals surface area contributed by atoms with Gasteiger partial charge in [-0.2, -0.15) is 0 Å². The van der Waals surface area contributed by atoms with E-state index in [9.17, 15) is 0 Å². The highest BCUT2D eigenvalue weighted by Crippen LogP contribution is 2.24. The maximum Gasteiger partial charge on any atom is 0.0479 e. The largest absolute Gasteiger partial charge is 0.136 e. The molecule has 0 bridgehead atoms. The van der Waals surface area contributed by atoms with E-state index in [-0.39, 0.29) is 0 Å². The van der Waals surface area contributed by atoms with Crippen molar-refractivity contribution in [2.45, 2.75) is 44.9 Å². The zero-order valence-electron chi connectivity index (χ0n) is 6.88. The van der Waals surface area contributed by atoms with E-state index in [1.54, 1.807) is 0 Å². The Balaban J connectivity index is 2.32. The van der Waals surface area contributed by atoms with Crippen molar-refractivity contribution in [1.29, 1.82) is 0 Å². The second-order valence-electron chi connectivity index (χ2n) is 3.38. The van der Waals surface area contributed by atoms with Crippen molar-refractivity contribution in [2.24, 2.45) is 5.92 Å². The molecule has 11 heavy (non-hydrogen) atoms. The summed E-state index contributed by atoms with van der Waals surface area (Å²) in [5.41, 5.74) is 0. The lowest BCUT2D eigenvalue weighted by atomic mass is 9.92. The molecule has 0 aliphatic heterocycles. The monoisotopic (exact) mass is 188 g/mol. The van der Waals surface area contributed by atoms with Crippen molar-refractivity contribution in [1.82, 2.24) is 0 Å². The second-order valence-corrected chi connectivity index (χ2v) is 4.60. The predicted molar refractivity (Wildman–Crippen MR) is 57.4 cm³/mol. The summed E-state index contributed by atoms with van der Waals surface area (Å²) in [6.45, 7) is 0.